The Hall–Kier alpha value is -2.79. The largest absolute Gasteiger partial charge is 0.516 e. The van der Waals surface area contributed by atoms with Gasteiger partial charge in [-0.1, -0.05) is 49.7 Å². The molecular formula is C25H29ClF3N3O4S. The van der Waals surface area contributed by atoms with E-state index in [1.54, 1.807) is 4.90 Å². The summed E-state index contributed by atoms with van der Waals surface area (Å²) in [5.74, 6) is -0.414. The average molecular weight is 560 g/mol. The maximum atomic E-state index is 13.2. The van der Waals surface area contributed by atoms with Crippen molar-refractivity contribution in [2.24, 2.45) is 5.92 Å². The Morgan fingerprint density at radius 1 is 1.03 bits per heavy atom. The van der Waals surface area contributed by atoms with Crippen LogP contribution in [0.3, 0.4) is 0 Å². The molecule has 1 heterocycles. The van der Waals surface area contributed by atoms with Crippen molar-refractivity contribution in [2.75, 3.05) is 17.8 Å². The smallest absolute Gasteiger partial charge is 0.344 e. The molecule has 37 heavy (non-hydrogen) atoms. The molecule has 2 aromatic carbocycles. The van der Waals surface area contributed by atoms with Gasteiger partial charge in [-0.15, -0.1) is 0 Å². The van der Waals surface area contributed by atoms with E-state index in [4.69, 9.17) is 11.6 Å². The van der Waals surface area contributed by atoms with Gasteiger partial charge in [-0.3, -0.25) is 14.3 Å². The Labute approximate surface area is 219 Å². The van der Waals surface area contributed by atoms with Crippen molar-refractivity contribution in [1.82, 2.24) is 10.2 Å². The van der Waals surface area contributed by atoms with Crippen LogP contribution in [0.5, 0.6) is 0 Å². The van der Waals surface area contributed by atoms with E-state index in [0.29, 0.717) is 29.6 Å². The molecule has 0 unspecified atom stereocenters. The average Bonchev–Trinajstić information content (AvgIpc) is 2.83. The molecule has 0 bridgehead atoms. The third-order valence-corrected chi connectivity index (χ3v) is 7.64. The summed E-state index contributed by atoms with van der Waals surface area (Å²) in [7, 11) is -5.53. The highest BCUT2D eigenvalue weighted by Gasteiger charge is 2.46. The van der Waals surface area contributed by atoms with Crippen LogP contribution in [0.15, 0.2) is 48.5 Å². The highest BCUT2D eigenvalue weighted by atomic mass is 35.5. The normalized spacial score (nSPS) is 15.9. The summed E-state index contributed by atoms with van der Waals surface area (Å²) in [5.41, 5.74) is -4.08. The van der Waals surface area contributed by atoms with Gasteiger partial charge in [0.05, 0.1) is 6.42 Å². The van der Waals surface area contributed by atoms with Crippen LogP contribution in [-0.4, -0.2) is 49.8 Å². The summed E-state index contributed by atoms with van der Waals surface area (Å²) >= 11 is 5.97. The Morgan fingerprint density at radius 2 is 1.59 bits per heavy atom. The Balaban J connectivity index is 1.56. The molecule has 12 heteroatoms. The molecule has 2 N–H and O–H groups in total. The van der Waals surface area contributed by atoms with Crippen molar-refractivity contribution < 1.29 is 31.2 Å². The first-order chi connectivity index (χ1) is 17.3. The second kappa shape index (κ2) is 11.7. The monoisotopic (exact) mass is 559 g/mol. The highest BCUT2D eigenvalue weighted by molar-refractivity contribution is 7.93. The van der Waals surface area contributed by atoms with Gasteiger partial charge in [0, 0.05) is 23.8 Å². The van der Waals surface area contributed by atoms with Gasteiger partial charge >= 0.3 is 15.5 Å². The molecule has 1 atom stereocenters. The first kappa shape index (κ1) is 28.8. The summed E-state index contributed by atoms with van der Waals surface area (Å²) in [4.78, 5) is 27.6. The number of anilines is 1. The van der Waals surface area contributed by atoms with E-state index in [9.17, 15) is 31.2 Å². The van der Waals surface area contributed by atoms with Crippen LogP contribution < -0.4 is 10.0 Å². The van der Waals surface area contributed by atoms with Gasteiger partial charge in [0.25, 0.3) is 0 Å². The van der Waals surface area contributed by atoms with Crippen molar-refractivity contribution in [3.63, 3.8) is 0 Å². The third-order valence-electron chi connectivity index (χ3n) is 6.27. The lowest BCUT2D eigenvalue weighted by Crippen LogP contribution is -2.53. The number of hydrogen-bond donors (Lipinski definition) is 2. The van der Waals surface area contributed by atoms with Crippen LogP contribution in [0.25, 0.3) is 0 Å². The second-order valence-electron chi connectivity index (χ2n) is 9.37. The SMILES string of the molecule is CC(C)[C@@H](NC(=O)Cc1ccc(NS(=O)(=O)C(F)(F)F)cc1)C(=O)N1CCC(c2ccc(Cl)cc2)CC1. The van der Waals surface area contributed by atoms with Crippen molar-refractivity contribution in [3.05, 3.63) is 64.7 Å². The predicted molar refractivity (Wildman–Crippen MR) is 136 cm³/mol. The highest BCUT2D eigenvalue weighted by Crippen LogP contribution is 2.29. The maximum Gasteiger partial charge on any atom is 0.516 e. The van der Waals surface area contributed by atoms with Crippen molar-refractivity contribution in [2.45, 2.75) is 50.6 Å². The standard InChI is InChI=1S/C25H29ClF3N3O4S/c1-16(2)23(24(34)32-13-11-19(12-14-32)18-5-7-20(26)8-6-18)30-22(33)15-17-3-9-21(10-4-17)31-37(35,36)25(27,28)29/h3-10,16,19,23,31H,11-15H2,1-2H3,(H,30,33)/t23-/m1/s1. The van der Waals surface area contributed by atoms with Crippen LogP contribution in [0.2, 0.25) is 5.02 Å². The van der Waals surface area contributed by atoms with Crippen LogP contribution in [-0.2, 0) is 26.0 Å². The first-order valence-electron chi connectivity index (χ1n) is 11.8. The molecule has 0 spiro atoms. The number of hydrogen-bond acceptors (Lipinski definition) is 4. The van der Waals surface area contributed by atoms with Gasteiger partial charge < -0.3 is 10.2 Å². The van der Waals surface area contributed by atoms with E-state index in [1.165, 1.54) is 22.4 Å². The molecule has 2 aromatic rings. The zero-order chi connectivity index (χ0) is 27.4. The fraction of sp³-hybridized carbons (Fsp3) is 0.440. The van der Waals surface area contributed by atoms with Gasteiger partial charge in [0.15, 0.2) is 0 Å². The van der Waals surface area contributed by atoms with Gasteiger partial charge in [0.1, 0.15) is 6.04 Å². The minimum Gasteiger partial charge on any atom is -0.344 e. The molecule has 7 nitrogen and oxygen atoms in total. The number of rotatable bonds is 8. The molecule has 3 rings (SSSR count). The molecule has 1 aliphatic rings. The topological polar surface area (TPSA) is 95.6 Å². The summed E-state index contributed by atoms with van der Waals surface area (Å²) in [6.07, 6.45) is 1.48. The van der Waals surface area contributed by atoms with E-state index in [0.717, 1.165) is 25.0 Å². The summed E-state index contributed by atoms with van der Waals surface area (Å²) in [5, 5.41) is 3.45. The fourth-order valence-corrected chi connectivity index (χ4v) is 4.88. The number of likely N-dealkylation sites (tertiary alicyclic amines) is 1. The molecule has 0 aromatic heterocycles. The van der Waals surface area contributed by atoms with Gasteiger partial charge in [-0.2, -0.15) is 21.6 Å². The Morgan fingerprint density at radius 3 is 2.11 bits per heavy atom. The second-order valence-corrected chi connectivity index (χ2v) is 11.5. The van der Waals surface area contributed by atoms with Crippen LogP contribution in [0.4, 0.5) is 18.9 Å². The molecule has 0 saturated carbocycles. The van der Waals surface area contributed by atoms with E-state index in [1.807, 2.05) is 38.1 Å². The zero-order valence-electron chi connectivity index (χ0n) is 20.4. The minimum atomic E-state index is -5.53. The lowest BCUT2D eigenvalue weighted by molar-refractivity contribution is -0.138. The number of nitrogens with zero attached hydrogens (tertiary/aromatic N) is 1. The lowest BCUT2D eigenvalue weighted by Gasteiger charge is -2.35. The number of halogens is 4. The number of piperidine rings is 1. The molecule has 1 saturated heterocycles. The van der Waals surface area contributed by atoms with E-state index < -0.39 is 27.5 Å². The minimum absolute atomic E-state index is 0.124. The number of alkyl halides is 3. The molecule has 1 fully saturated rings. The van der Waals surface area contributed by atoms with Crippen LogP contribution >= 0.6 is 11.6 Å². The summed E-state index contributed by atoms with van der Waals surface area (Å²) < 4.78 is 61.5. The number of sulfonamides is 1. The molecule has 0 aliphatic carbocycles. The van der Waals surface area contributed by atoms with E-state index in [2.05, 4.69) is 5.32 Å². The van der Waals surface area contributed by atoms with Crippen molar-refractivity contribution in [3.8, 4) is 0 Å². The quantitative estimate of drug-likeness (QED) is 0.490. The molecular weight excluding hydrogens is 531 g/mol. The Bertz CT molecular complexity index is 1200. The molecule has 1 aliphatic heterocycles. The van der Waals surface area contributed by atoms with E-state index >= 15 is 0 Å². The van der Waals surface area contributed by atoms with Crippen molar-refractivity contribution >= 4 is 39.1 Å². The maximum absolute atomic E-state index is 13.2. The van der Waals surface area contributed by atoms with Crippen LogP contribution in [0, 0.1) is 5.92 Å². The fourth-order valence-electron chi connectivity index (χ4n) is 4.19. The molecule has 2 amide bonds. The third kappa shape index (κ3) is 7.61. The first-order valence-corrected chi connectivity index (χ1v) is 13.6. The number of carbonyl (C=O) groups is 2. The van der Waals surface area contributed by atoms with Gasteiger partial charge in [-0.25, -0.2) is 0 Å². The Kier molecular flexibility index (Phi) is 9.12. The number of carbonyl (C=O) groups excluding carboxylic acids is 2. The van der Waals surface area contributed by atoms with Gasteiger partial charge in [-0.05, 0) is 60.1 Å². The van der Waals surface area contributed by atoms with Crippen LogP contribution in [0.1, 0.15) is 43.7 Å². The van der Waals surface area contributed by atoms with E-state index in [-0.39, 0.29) is 23.9 Å². The molecule has 0 radical (unpaired) electrons. The zero-order valence-corrected chi connectivity index (χ0v) is 22.0. The number of amides is 2. The molecule has 202 valence electrons. The summed E-state index contributed by atoms with van der Waals surface area (Å²) in [6, 6.07) is 12.0. The summed E-state index contributed by atoms with van der Waals surface area (Å²) in [6.45, 7) is 4.82. The predicted octanol–water partition coefficient (Wildman–Crippen LogP) is 4.69. The number of benzene rings is 2. The lowest BCUT2D eigenvalue weighted by atomic mass is 9.89. The van der Waals surface area contributed by atoms with Gasteiger partial charge in [0.2, 0.25) is 11.8 Å². The number of nitrogens with one attached hydrogen (secondary N) is 2. The van der Waals surface area contributed by atoms with Crippen molar-refractivity contribution in [1.29, 1.82) is 0 Å².